The van der Waals surface area contributed by atoms with E-state index >= 15 is 0 Å². The molecule has 0 heterocycles. The molecule has 0 unspecified atom stereocenters. The maximum atomic E-state index is 14.0. The van der Waals surface area contributed by atoms with E-state index in [9.17, 15) is 17.6 Å². The zero-order valence-electron chi connectivity index (χ0n) is 9.78. The minimum Gasteiger partial charge on any atom is -0.465 e. The van der Waals surface area contributed by atoms with Gasteiger partial charge >= 0.3 is 5.97 Å². The fourth-order valence-electron chi connectivity index (χ4n) is 1.54. The molecular weight excluding hydrogens is 247 g/mol. The second kappa shape index (κ2) is 4.83. The van der Waals surface area contributed by atoms with Crippen LogP contribution in [0.4, 0.5) is 4.39 Å². The minimum atomic E-state index is -3.72. The summed E-state index contributed by atoms with van der Waals surface area (Å²) in [4.78, 5) is 10.8. The van der Waals surface area contributed by atoms with Crippen molar-refractivity contribution in [1.82, 2.24) is 0 Å². The number of halogens is 1. The summed E-state index contributed by atoms with van der Waals surface area (Å²) in [5.74, 6) is -1.94. The van der Waals surface area contributed by atoms with Crippen molar-refractivity contribution in [3.63, 3.8) is 0 Å². The van der Waals surface area contributed by atoms with Crippen molar-refractivity contribution in [2.45, 2.75) is 18.2 Å². The van der Waals surface area contributed by atoms with E-state index in [-0.39, 0.29) is 5.56 Å². The highest BCUT2D eigenvalue weighted by atomic mass is 32.2. The molecule has 4 nitrogen and oxygen atoms in total. The summed E-state index contributed by atoms with van der Waals surface area (Å²) in [6, 6.07) is 2.65. The van der Waals surface area contributed by atoms with E-state index in [0.29, 0.717) is 12.0 Å². The van der Waals surface area contributed by atoms with Crippen molar-refractivity contribution in [3.05, 3.63) is 29.1 Å². The Bertz CT molecular complexity index is 549. The molecule has 0 aromatic heterocycles. The average molecular weight is 260 g/mol. The van der Waals surface area contributed by atoms with Crippen molar-refractivity contribution in [1.29, 1.82) is 0 Å². The largest absolute Gasteiger partial charge is 0.465 e. The highest BCUT2D eigenvalue weighted by Crippen LogP contribution is 2.24. The fraction of sp³-hybridized carbons (Fsp3) is 0.364. The number of carbonyl (C=O) groups excluding carboxylic acids is 1. The van der Waals surface area contributed by atoms with E-state index in [4.69, 9.17) is 0 Å². The third-order valence-electron chi connectivity index (χ3n) is 2.34. The van der Waals surface area contributed by atoms with Crippen LogP contribution in [-0.2, 0) is 21.0 Å². The zero-order valence-corrected chi connectivity index (χ0v) is 10.6. The average Bonchev–Trinajstić information content (AvgIpc) is 2.25. The molecule has 0 bridgehead atoms. The van der Waals surface area contributed by atoms with Crippen LogP contribution in [0.5, 0.6) is 0 Å². The highest BCUT2D eigenvalue weighted by molar-refractivity contribution is 7.90. The third-order valence-corrected chi connectivity index (χ3v) is 3.52. The van der Waals surface area contributed by atoms with E-state index in [1.807, 2.05) is 0 Å². The van der Waals surface area contributed by atoms with Crippen LogP contribution < -0.4 is 0 Å². The number of hydrogen-bond donors (Lipinski definition) is 0. The summed E-state index contributed by atoms with van der Waals surface area (Å²) in [7, 11) is -2.62. The number of esters is 1. The molecule has 0 fully saturated rings. The Morgan fingerprint density at radius 1 is 1.41 bits per heavy atom. The van der Waals surface area contributed by atoms with Crippen LogP contribution in [0.1, 0.15) is 22.8 Å². The van der Waals surface area contributed by atoms with Crippen LogP contribution in [-0.4, -0.2) is 27.8 Å². The lowest BCUT2D eigenvalue weighted by Gasteiger charge is -2.10. The van der Waals surface area contributed by atoms with Gasteiger partial charge in [0.05, 0.1) is 12.7 Å². The lowest BCUT2D eigenvalue weighted by Crippen LogP contribution is -2.12. The van der Waals surface area contributed by atoms with Gasteiger partial charge in [-0.15, -0.1) is 0 Å². The van der Waals surface area contributed by atoms with Crippen LogP contribution in [0, 0.1) is 5.82 Å². The summed E-state index contributed by atoms with van der Waals surface area (Å²) in [5.41, 5.74) is -0.0252. The maximum Gasteiger partial charge on any atom is 0.340 e. The molecule has 17 heavy (non-hydrogen) atoms. The van der Waals surface area contributed by atoms with Gasteiger partial charge in [0, 0.05) is 6.26 Å². The van der Waals surface area contributed by atoms with E-state index in [1.54, 1.807) is 6.92 Å². The molecule has 0 aliphatic carbocycles. The highest BCUT2D eigenvalue weighted by Gasteiger charge is 2.24. The molecule has 6 heteroatoms. The van der Waals surface area contributed by atoms with Gasteiger partial charge < -0.3 is 4.74 Å². The molecule has 0 aliphatic rings. The van der Waals surface area contributed by atoms with Gasteiger partial charge in [-0.2, -0.15) is 0 Å². The van der Waals surface area contributed by atoms with Crippen molar-refractivity contribution in [2.75, 3.05) is 13.4 Å². The number of benzene rings is 1. The smallest absolute Gasteiger partial charge is 0.340 e. The summed E-state index contributed by atoms with van der Waals surface area (Å²) in [5, 5.41) is 0. The van der Waals surface area contributed by atoms with Crippen molar-refractivity contribution < 1.29 is 22.3 Å². The van der Waals surface area contributed by atoms with Crippen LogP contribution in [0.15, 0.2) is 17.0 Å². The van der Waals surface area contributed by atoms with Gasteiger partial charge in [-0.05, 0) is 18.1 Å². The van der Waals surface area contributed by atoms with E-state index in [0.717, 1.165) is 13.4 Å². The molecule has 0 amide bonds. The number of carbonyl (C=O) groups is 1. The van der Waals surface area contributed by atoms with Gasteiger partial charge in [-0.25, -0.2) is 17.6 Å². The first-order chi connectivity index (χ1) is 7.82. The molecule has 1 rings (SSSR count). The lowest BCUT2D eigenvalue weighted by atomic mass is 10.1. The van der Waals surface area contributed by atoms with Crippen LogP contribution in [0.2, 0.25) is 0 Å². The molecule has 0 aliphatic heterocycles. The van der Waals surface area contributed by atoms with E-state index < -0.39 is 26.5 Å². The number of ether oxygens (including phenoxy) is 1. The molecule has 0 radical (unpaired) electrons. The van der Waals surface area contributed by atoms with Gasteiger partial charge in [-0.1, -0.05) is 13.0 Å². The number of aryl methyl sites for hydroxylation is 1. The van der Waals surface area contributed by atoms with Gasteiger partial charge in [0.25, 0.3) is 0 Å². The Morgan fingerprint density at radius 2 is 2.00 bits per heavy atom. The van der Waals surface area contributed by atoms with Crippen molar-refractivity contribution in [2.24, 2.45) is 0 Å². The first-order valence-corrected chi connectivity index (χ1v) is 6.81. The van der Waals surface area contributed by atoms with Gasteiger partial charge in [0.2, 0.25) is 0 Å². The van der Waals surface area contributed by atoms with Gasteiger partial charge in [0.1, 0.15) is 4.90 Å². The summed E-state index contributed by atoms with van der Waals surface area (Å²) >= 11 is 0. The Hall–Kier alpha value is -1.43. The van der Waals surface area contributed by atoms with Crippen molar-refractivity contribution >= 4 is 15.8 Å². The first-order valence-electron chi connectivity index (χ1n) is 4.92. The predicted molar refractivity (Wildman–Crippen MR) is 60.2 cm³/mol. The molecule has 94 valence electrons. The predicted octanol–water partition coefficient (Wildman–Crippen LogP) is 1.58. The summed E-state index contributed by atoms with van der Waals surface area (Å²) in [6.07, 6.45) is 1.27. The van der Waals surface area contributed by atoms with E-state index in [1.165, 1.54) is 12.1 Å². The van der Waals surface area contributed by atoms with E-state index in [2.05, 4.69) is 4.74 Å². The van der Waals surface area contributed by atoms with Gasteiger partial charge in [0.15, 0.2) is 15.7 Å². The first kappa shape index (κ1) is 13.6. The Morgan fingerprint density at radius 3 is 2.41 bits per heavy atom. The molecule has 0 atom stereocenters. The molecule has 1 aromatic rings. The Balaban J connectivity index is 3.60. The third kappa shape index (κ3) is 2.63. The fourth-order valence-corrected chi connectivity index (χ4v) is 2.67. The Kier molecular flexibility index (Phi) is 3.87. The molecular formula is C11H13FO4S. The summed E-state index contributed by atoms with van der Waals surface area (Å²) in [6.45, 7) is 1.71. The number of rotatable bonds is 3. The maximum absolute atomic E-state index is 14.0. The second-order valence-corrected chi connectivity index (χ2v) is 5.49. The zero-order chi connectivity index (χ0) is 13.2. The molecule has 1 aromatic carbocycles. The number of methoxy groups -OCH3 is 1. The summed E-state index contributed by atoms with van der Waals surface area (Å²) < 4.78 is 41.4. The normalized spacial score (nSPS) is 11.3. The molecule has 0 spiro atoms. The van der Waals surface area contributed by atoms with Crippen LogP contribution in [0.3, 0.4) is 0 Å². The minimum absolute atomic E-state index is 0.345. The van der Waals surface area contributed by atoms with Crippen LogP contribution >= 0.6 is 0 Å². The lowest BCUT2D eigenvalue weighted by molar-refractivity contribution is 0.0595. The standard InChI is InChI=1S/C11H13FO4S/c1-4-7-5-6-8(11(13)16-2)9(12)10(7)17(3,14)15/h5-6H,4H2,1-3H3. The number of hydrogen-bond acceptors (Lipinski definition) is 4. The Labute approximate surface area is 99.3 Å². The van der Waals surface area contributed by atoms with Crippen LogP contribution in [0.25, 0.3) is 0 Å². The molecule has 0 N–H and O–H groups in total. The SMILES string of the molecule is CCc1ccc(C(=O)OC)c(F)c1S(C)(=O)=O. The topological polar surface area (TPSA) is 60.4 Å². The van der Waals surface area contributed by atoms with Gasteiger partial charge in [-0.3, -0.25) is 0 Å². The number of sulfone groups is 1. The monoisotopic (exact) mass is 260 g/mol. The van der Waals surface area contributed by atoms with Crippen molar-refractivity contribution in [3.8, 4) is 0 Å². The quantitative estimate of drug-likeness (QED) is 0.774. The second-order valence-electron chi connectivity index (χ2n) is 3.53. The molecule has 0 saturated heterocycles. The molecule has 0 saturated carbocycles.